The average molecular weight is 662 g/mol. The van der Waals surface area contributed by atoms with Gasteiger partial charge in [0.15, 0.2) is 12.5 Å². The standard InChI is InChI=1S/C31H32B3F3N4O4.OS/c32-29(45)17-7-3-1-2-4-8-19-41(30(33,34)18-16-26(42)43)25-13-9-12-23(38-25)28(44)40-24-15-14-22(31(35,36)37)27(39-24)20-10-5-6-11-21(20)29;1-2/h5-6,9-15,45H,1-4,7-8,16-19H2,(H,42,43)(H,39,40,44);. The van der Waals surface area contributed by atoms with Gasteiger partial charge in [-0.15, -0.1) is 0 Å². The number of aliphatic carboxylic acids is 1. The van der Waals surface area contributed by atoms with E-state index in [-0.39, 0.29) is 47.7 Å². The molecule has 1 aromatic carbocycles. The minimum atomic E-state index is -4.80. The Bertz CT molecular complexity index is 1550. The zero-order valence-electron chi connectivity index (χ0n) is 25.5. The van der Waals surface area contributed by atoms with Crippen LogP contribution < -0.4 is 10.2 Å². The van der Waals surface area contributed by atoms with Crippen molar-refractivity contribution in [1.82, 2.24) is 9.97 Å². The van der Waals surface area contributed by atoms with Gasteiger partial charge in [-0.05, 0) is 54.4 Å². The predicted molar refractivity (Wildman–Crippen MR) is 175 cm³/mol. The van der Waals surface area contributed by atoms with Crippen molar-refractivity contribution in [3.8, 4) is 11.3 Å². The number of rotatable bonds is 4. The van der Waals surface area contributed by atoms with Crippen LogP contribution in [0, 0.1) is 0 Å². The lowest BCUT2D eigenvalue weighted by molar-refractivity contribution is -0.138. The van der Waals surface area contributed by atoms with Crippen LogP contribution in [0.15, 0.2) is 54.6 Å². The first-order valence-electron chi connectivity index (χ1n) is 14.9. The number of aliphatic hydroxyl groups is 1. The van der Waals surface area contributed by atoms with E-state index < -0.39 is 40.1 Å². The van der Waals surface area contributed by atoms with E-state index >= 15 is 0 Å². The number of nitrogens with zero attached hydrogens (tertiary/aromatic N) is 3. The van der Waals surface area contributed by atoms with Gasteiger partial charge in [-0.1, -0.05) is 62.4 Å². The topological polar surface area (TPSA) is 133 Å². The largest absolute Gasteiger partial charge is 0.481 e. The molecule has 6 radical (unpaired) electrons. The van der Waals surface area contributed by atoms with Gasteiger partial charge < -0.3 is 20.4 Å². The van der Waals surface area contributed by atoms with Crippen LogP contribution in [0.2, 0.25) is 0 Å². The molecule has 0 aliphatic carbocycles. The number of benzene rings is 1. The number of amides is 1. The summed E-state index contributed by atoms with van der Waals surface area (Å²) in [6.45, 7) is 0.327. The van der Waals surface area contributed by atoms with Crippen molar-refractivity contribution in [3.63, 3.8) is 0 Å². The minimum absolute atomic E-state index is 0.0142. The van der Waals surface area contributed by atoms with E-state index in [1.807, 2.05) is 0 Å². The Labute approximate surface area is 280 Å². The molecule has 242 valence electrons. The number of pyridine rings is 2. The molecule has 47 heavy (non-hydrogen) atoms. The maximum Gasteiger partial charge on any atom is 0.418 e. The molecule has 9 nitrogen and oxygen atoms in total. The van der Waals surface area contributed by atoms with Crippen LogP contribution in [-0.2, 0) is 29.0 Å². The highest BCUT2D eigenvalue weighted by atomic mass is 32.1. The number of anilines is 2. The maximum atomic E-state index is 14.2. The first-order chi connectivity index (χ1) is 22.2. The number of alkyl halides is 3. The number of halogens is 3. The lowest BCUT2D eigenvalue weighted by Gasteiger charge is -2.41. The number of nitrogens with one attached hydrogen (secondary N) is 1. The molecule has 1 aliphatic heterocycles. The van der Waals surface area contributed by atoms with Gasteiger partial charge in [-0.3, -0.25) is 9.59 Å². The van der Waals surface area contributed by atoms with Gasteiger partial charge in [-0.25, -0.2) is 9.97 Å². The van der Waals surface area contributed by atoms with E-state index in [4.69, 9.17) is 27.7 Å². The molecule has 1 atom stereocenters. The van der Waals surface area contributed by atoms with E-state index in [0.717, 1.165) is 37.8 Å². The van der Waals surface area contributed by atoms with Crippen LogP contribution in [0.4, 0.5) is 24.8 Å². The Hall–Kier alpha value is -3.78. The van der Waals surface area contributed by atoms with E-state index in [0.29, 0.717) is 19.4 Å². The second kappa shape index (κ2) is 16.4. The van der Waals surface area contributed by atoms with Gasteiger partial charge in [0.05, 0.1) is 26.9 Å². The fraction of sp³-hybridized carbons (Fsp3) is 0.419. The van der Waals surface area contributed by atoms with Gasteiger partial charge in [-0.2, -0.15) is 17.4 Å². The van der Waals surface area contributed by atoms with Crippen LogP contribution >= 0.6 is 0 Å². The molecule has 3 heterocycles. The molecule has 4 bridgehead atoms. The van der Waals surface area contributed by atoms with Crippen molar-refractivity contribution in [2.45, 2.75) is 74.8 Å². The van der Waals surface area contributed by atoms with E-state index in [2.05, 4.69) is 27.8 Å². The van der Waals surface area contributed by atoms with Crippen LogP contribution in [0.3, 0.4) is 0 Å². The molecule has 2 aromatic heterocycles. The van der Waals surface area contributed by atoms with Crippen molar-refractivity contribution < 1.29 is 37.2 Å². The normalized spacial score (nSPS) is 18.1. The Kier molecular flexibility index (Phi) is 13.1. The summed E-state index contributed by atoms with van der Waals surface area (Å²) in [5.41, 5.74) is -3.53. The van der Waals surface area contributed by atoms with Crippen LogP contribution in [0.25, 0.3) is 11.3 Å². The number of carboxylic acids is 1. The summed E-state index contributed by atoms with van der Waals surface area (Å²) >= 11 is 2.83. The molecule has 16 heteroatoms. The number of carbonyl (C=O) groups is 2. The molecule has 1 aliphatic rings. The van der Waals surface area contributed by atoms with Gasteiger partial charge in [0.1, 0.15) is 25.2 Å². The third-order valence-corrected chi connectivity index (χ3v) is 7.77. The van der Waals surface area contributed by atoms with Crippen LogP contribution in [0.5, 0.6) is 0 Å². The molecule has 0 saturated heterocycles. The minimum Gasteiger partial charge on any atom is -0.481 e. The van der Waals surface area contributed by atoms with Gasteiger partial charge in [0, 0.05) is 24.0 Å². The molecule has 4 rings (SSSR count). The Morgan fingerprint density at radius 1 is 0.957 bits per heavy atom. The third kappa shape index (κ3) is 10.1. The Morgan fingerprint density at radius 3 is 2.30 bits per heavy atom. The molecule has 3 aromatic rings. The van der Waals surface area contributed by atoms with E-state index in [1.54, 1.807) is 23.1 Å². The summed E-state index contributed by atoms with van der Waals surface area (Å²) in [5.74, 6) is -1.78. The lowest BCUT2D eigenvalue weighted by Crippen LogP contribution is -2.51. The summed E-state index contributed by atoms with van der Waals surface area (Å²) in [5, 5.41) is 21.4. The van der Waals surface area contributed by atoms with Crippen molar-refractivity contribution in [3.05, 3.63) is 71.4 Å². The second-order valence-corrected chi connectivity index (χ2v) is 11.3. The average Bonchev–Trinajstić information content (AvgIpc) is 3.03. The number of hydrogen-bond donors (Lipinski definition) is 3. The molecule has 1 amide bonds. The quantitative estimate of drug-likeness (QED) is 0.338. The number of carbonyl (C=O) groups excluding carboxylic acids is 1. The van der Waals surface area contributed by atoms with Gasteiger partial charge in [0.25, 0.3) is 5.91 Å². The number of hydrogen-bond acceptors (Lipinski definition) is 8. The first kappa shape index (κ1) is 37.7. The lowest BCUT2D eigenvalue weighted by atomic mass is 9.58. The maximum absolute atomic E-state index is 14.2. The fourth-order valence-electron chi connectivity index (χ4n) is 5.39. The third-order valence-electron chi connectivity index (χ3n) is 7.77. The zero-order chi connectivity index (χ0) is 34.8. The second-order valence-electron chi connectivity index (χ2n) is 11.3. The highest BCUT2D eigenvalue weighted by Gasteiger charge is 2.37. The van der Waals surface area contributed by atoms with Crippen molar-refractivity contribution in [2.24, 2.45) is 0 Å². The summed E-state index contributed by atoms with van der Waals surface area (Å²) < 4.78 is 50.4. The number of carboxylic acid groups (broad SMARTS) is 1. The van der Waals surface area contributed by atoms with Crippen molar-refractivity contribution in [1.29, 1.82) is 0 Å². The molecular formula is C31H32B3F3N4O5S. The molecule has 0 fully saturated rings. The monoisotopic (exact) mass is 662 g/mol. The number of aromatic nitrogens is 2. The van der Waals surface area contributed by atoms with Gasteiger partial charge >= 0.3 is 12.1 Å². The van der Waals surface area contributed by atoms with Gasteiger partial charge in [0.2, 0.25) is 0 Å². The summed E-state index contributed by atoms with van der Waals surface area (Å²) in [7, 11) is 19.1. The van der Waals surface area contributed by atoms with Crippen molar-refractivity contribution in [2.75, 3.05) is 16.8 Å². The van der Waals surface area contributed by atoms with E-state index in [1.165, 1.54) is 24.3 Å². The van der Waals surface area contributed by atoms with E-state index in [9.17, 15) is 33.0 Å². The molecule has 3 N–H and O–H groups in total. The van der Waals surface area contributed by atoms with Crippen LogP contribution in [0.1, 0.15) is 79.4 Å². The summed E-state index contributed by atoms with van der Waals surface area (Å²) in [6, 6.07) is 12.4. The highest BCUT2D eigenvalue weighted by Crippen LogP contribution is 2.40. The molecule has 0 saturated carbocycles. The molecular weight excluding hydrogens is 630 g/mol. The molecule has 0 spiro atoms. The first-order valence-corrected chi connectivity index (χ1v) is 15.2. The Morgan fingerprint density at radius 2 is 1.62 bits per heavy atom. The molecule has 1 unspecified atom stereocenters. The summed E-state index contributed by atoms with van der Waals surface area (Å²) in [6.07, 6.45) is -0.782. The summed E-state index contributed by atoms with van der Waals surface area (Å²) in [4.78, 5) is 34.7. The SMILES string of the molecule is O=S.[B]C1(O)CCCCCCCCN(C([B])([B])CCC(=O)O)c2cccc(n2)C(=O)Nc2ccc(C(F)(F)F)c(n2)-c2ccccc21. The van der Waals surface area contributed by atoms with Crippen LogP contribution in [-0.4, -0.2) is 71.7 Å². The predicted octanol–water partition coefficient (Wildman–Crippen LogP) is 4.80. The zero-order valence-corrected chi connectivity index (χ0v) is 26.3. The smallest absolute Gasteiger partial charge is 0.418 e. The van der Waals surface area contributed by atoms with Crippen molar-refractivity contribution >= 4 is 59.6 Å². The number of fused-ring (bicyclic) bond motifs is 6. The fourth-order valence-corrected chi connectivity index (χ4v) is 5.39. The Balaban J connectivity index is 0.00000294. The highest BCUT2D eigenvalue weighted by molar-refractivity contribution is 7.44.